The van der Waals surface area contributed by atoms with E-state index < -0.39 is 4.92 Å². The molecule has 23 heavy (non-hydrogen) atoms. The Morgan fingerprint density at radius 1 is 1.26 bits per heavy atom. The lowest BCUT2D eigenvalue weighted by atomic mass is 10.1. The Bertz CT molecular complexity index is 803. The van der Waals surface area contributed by atoms with Crippen LogP contribution in [0.2, 0.25) is 0 Å². The molecule has 0 fully saturated rings. The average Bonchev–Trinajstić information content (AvgIpc) is 2.52. The number of amides is 1. The maximum Gasteiger partial charge on any atom is 0.272 e. The first-order valence-corrected chi connectivity index (χ1v) is 7.54. The molecule has 2 rings (SSSR count). The van der Waals surface area contributed by atoms with Crippen LogP contribution in [-0.2, 0) is 0 Å². The number of nitrogens with one attached hydrogen (secondary N) is 1. The fourth-order valence-corrected chi connectivity index (χ4v) is 2.40. The number of aryl methyl sites for hydroxylation is 1. The summed E-state index contributed by atoms with van der Waals surface area (Å²) in [7, 11) is 0. The minimum atomic E-state index is -0.439. The van der Waals surface area contributed by atoms with Crippen LogP contribution in [0.4, 0.5) is 5.69 Å². The van der Waals surface area contributed by atoms with Gasteiger partial charge in [-0.1, -0.05) is 24.3 Å². The van der Waals surface area contributed by atoms with Gasteiger partial charge in [0.2, 0.25) is 0 Å². The van der Waals surface area contributed by atoms with Crippen molar-refractivity contribution >= 4 is 33.2 Å². The monoisotopic (exact) mass is 375 g/mol. The molecule has 0 aliphatic rings. The topological polar surface area (TPSA) is 84.6 Å². The molecule has 0 radical (unpaired) electrons. The van der Waals surface area contributed by atoms with Crippen LogP contribution in [-0.4, -0.2) is 16.5 Å². The van der Waals surface area contributed by atoms with Crippen molar-refractivity contribution in [2.45, 2.75) is 13.8 Å². The molecule has 0 aliphatic carbocycles. The van der Waals surface area contributed by atoms with Crippen molar-refractivity contribution in [2.75, 3.05) is 0 Å². The van der Waals surface area contributed by atoms with Crippen molar-refractivity contribution in [3.8, 4) is 0 Å². The number of hydrogen-bond donors (Lipinski definition) is 1. The second kappa shape index (κ2) is 7.15. The predicted octanol–water partition coefficient (Wildman–Crippen LogP) is 3.82. The molecule has 0 bridgehead atoms. The molecule has 0 heterocycles. The van der Waals surface area contributed by atoms with Crippen LogP contribution in [0.15, 0.2) is 52.0 Å². The molecule has 2 aromatic carbocycles. The lowest BCUT2D eigenvalue weighted by Gasteiger charge is -2.05. The highest BCUT2D eigenvalue weighted by Crippen LogP contribution is 2.20. The smallest absolute Gasteiger partial charge is 0.267 e. The molecule has 1 amide bonds. The zero-order valence-electron chi connectivity index (χ0n) is 12.5. The van der Waals surface area contributed by atoms with Gasteiger partial charge in [0.25, 0.3) is 11.6 Å². The molecule has 0 saturated carbocycles. The Balaban J connectivity index is 2.21. The van der Waals surface area contributed by atoms with Crippen LogP contribution >= 0.6 is 15.9 Å². The van der Waals surface area contributed by atoms with Crippen molar-refractivity contribution in [3.63, 3.8) is 0 Å². The van der Waals surface area contributed by atoms with Gasteiger partial charge in [-0.3, -0.25) is 14.9 Å². The molecule has 0 aromatic heterocycles. The van der Waals surface area contributed by atoms with Crippen LogP contribution in [0.3, 0.4) is 0 Å². The van der Waals surface area contributed by atoms with Crippen LogP contribution in [0.1, 0.15) is 28.4 Å². The van der Waals surface area contributed by atoms with Crippen LogP contribution < -0.4 is 5.43 Å². The van der Waals surface area contributed by atoms with Crippen molar-refractivity contribution in [1.29, 1.82) is 0 Å². The molecule has 0 atom stereocenters. The average molecular weight is 376 g/mol. The van der Waals surface area contributed by atoms with Gasteiger partial charge in [-0.05, 0) is 41.9 Å². The van der Waals surface area contributed by atoms with Crippen LogP contribution in [0.5, 0.6) is 0 Å². The minimum Gasteiger partial charge on any atom is -0.267 e. The van der Waals surface area contributed by atoms with E-state index in [-0.39, 0.29) is 11.6 Å². The van der Waals surface area contributed by atoms with E-state index in [1.165, 1.54) is 6.07 Å². The van der Waals surface area contributed by atoms with E-state index in [4.69, 9.17) is 0 Å². The zero-order valence-corrected chi connectivity index (χ0v) is 14.1. The van der Waals surface area contributed by atoms with E-state index in [2.05, 4.69) is 26.5 Å². The summed E-state index contributed by atoms with van der Waals surface area (Å²) in [5.41, 5.74) is 4.56. The van der Waals surface area contributed by atoms with Gasteiger partial charge >= 0.3 is 0 Å². The van der Waals surface area contributed by atoms with Gasteiger partial charge in [0.05, 0.1) is 16.2 Å². The minimum absolute atomic E-state index is 0.0224. The number of carbonyl (C=O) groups excluding carboxylic acids is 1. The number of nitrogens with zero attached hydrogens (tertiary/aromatic N) is 2. The maximum atomic E-state index is 12.1. The Labute approximate surface area is 141 Å². The Morgan fingerprint density at radius 2 is 1.96 bits per heavy atom. The third kappa shape index (κ3) is 4.01. The standard InChI is InChI=1S/C16H14BrN3O3/c1-10-7-8-12(9-15(10)20(22)23)11(2)18-19-16(21)13-5-3-4-6-14(13)17/h3-9H,1-2H3,(H,19,21). The fraction of sp³-hybridized carbons (Fsp3) is 0.125. The third-order valence-electron chi connectivity index (χ3n) is 3.27. The van der Waals surface area contributed by atoms with Crippen LogP contribution in [0, 0.1) is 17.0 Å². The number of nitro groups is 1. The van der Waals surface area contributed by atoms with Crippen molar-refractivity contribution in [2.24, 2.45) is 5.10 Å². The van der Waals surface area contributed by atoms with E-state index >= 15 is 0 Å². The molecule has 6 nitrogen and oxygen atoms in total. The largest absolute Gasteiger partial charge is 0.272 e. The highest BCUT2D eigenvalue weighted by Gasteiger charge is 2.13. The molecule has 0 saturated heterocycles. The molecule has 7 heteroatoms. The molecule has 2 aromatic rings. The van der Waals surface area contributed by atoms with Crippen LogP contribution in [0.25, 0.3) is 0 Å². The number of hydrogen-bond acceptors (Lipinski definition) is 4. The second-order valence-corrected chi connectivity index (χ2v) is 5.73. The van der Waals surface area contributed by atoms with Gasteiger partial charge in [-0.25, -0.2) is 5.43 Å². The van der Waals surface area contributed by atoms with E-state index in [0.29, 0.717) is 26.9 Å². The van der Waals surface area contributed by atoms with Gasteiger partial charge in [0.15, 0.2) is 0 Å². The van der Waals surface area contributed by atoms with Gasteiger partial charge in [-0.15, -0.1) is 0 Å². The van der Waals surface area contributed by atoms with E-state index in [0.717, 1.165) is 0 Å². The van der Waals surface area contributed by atoms with E-state index in [1.54, 1.807) is 50.2 Å². The summed E-state index contributed by atoms with van der Waals surface area (Å²) in [5.74, 6) is -0.363. The third-order valence-corrected chi connectivity index (χ3v) is 3.96. The first-order valence-electron chi connectivity index (χ1n) is 6.74. The Kier molecular flexibility index (Phi) is 5.23. The molecule has 1 N–H and O–H groups in total. The SMILES string of the molecule is CC(=NNC(=O)c1ccccc1Br)c1ccc(C)c([N+](=O)[O-])c1. The second-order valence-electron chi connectivity index (χ2n) is 4.88. The van der Waals surface area contributed by atoms with Gasteiger partial charge in [-0.2, -0.15) is 5.10 Å². The first-order chi connectivity index (χ1) is 10.9. The number of carbonyl (C=O) groups is 1. The molecule has 0 aliphatic heterocycles. The number of hydrazone groups is 1. The summed E-state index contributed by atoms with van der Waals surface area (Å²) < 4.78 is 0.663. The summed E-state index contributed by atoms with van der Waals surface area (Å²) >= 11 is 3.30. The molecular weight excluding hydrogens is 362 g/mol. The number of halogens is 1. The number of nitro benzene ring substituents is 1. The normalized spacial score (nSPS) is 11.2. The summed E-state index contributed by atoms with van der Waals surface area (Å²) in [4.78, 5) is 22.6. The Hall–Kier alpha value is -2.54. The van der Waals surface area contributed by atoms with Crippen molar-refractivity contribution in [1.82, 2.24) is 5.43 Å². The summed E-state index contributed by atoms with van der Waals surface area (Å²) in [5, 5.41) is 15.0. The van der Waals surface area contributed by atoms with Gasteiger partial charge in [0, 0.05) is 21.7 Å². The van der Waals surface area contributed by atoms with E-state index in [9.17, 15) is 14.9 Å². The lowest BCUT2D eigenvalue weighted by molar-refractivity contribution is -0.385. The van der Waals surface area contributed by atoms with Crippen molar-refractivity contribution < 1.29 is 9.72 Å². The molecule has 0 spiro atoms. The summed E-state index contributed by atoms with van der Waals surface area (Å²) in [6.45, 7) is 3.35. The fourth-order valence-electron chi connectivity index (χ4n) is 1.94. The Morgan fingerprint density at radius 3 is 2.61 bits per heavy atom. The lowest BCUT2D eigenvalue weighted by Crippen LogP contribution is -2.19. The zero-order chi connectivity index (χ0) is 17.0. The van der Waals surface area contributed by atoms with Gasteiger partial charge in [0.1, 0.15) is 0 Å². The van der Waals surface area contributed by atoms with Crippen molar-refractivity contribution in [3.05, 3.63) is 73.7 Å². The molecular formula is C16H14BrN3O3. The van der Waals surface area contributed by atoms with Gasteiger partial charge < -0.3 is 0 Å². The molecule has 0 unspecified atom stereocenters. The summed E-state index contributed by atoms with van der Waals surface area (Å²) in [6.07, 6.45) is 0. The predicted molar refractivity (Wildman–Crippen MR) is 91.7 cm³/mol. The first kappa shape index (κ1) is 16.8. The van der Waals surface area contributed by atoms with E-state index in [1.807, 2.05) is 0 Å². The maximum absolute atomic E-state index is 12.1. The molecule has 118 valence electrons. The highest BCUT2D eigenvalue weighted by atomic mass is 79.9. The number of benzene rings is 2. The number of rotatable bonds is 4. The highest BCUT2D eigenvalue weighted by molar-refractivity contribution is 9.10. The summed E-state index contributed by atoms with van der Waals surface area (Å²) in [6, 6.07) is 11.8. The quantitative estimate of drug-likeness (QED) is 0.500.